The number of anilines is 1. The number of aromatic nitrogens is 1. The van der Waals surface area contributed by atoms with Gasteiger partial charge in [0, 0.05) is 31.0 Å². The maximum atomic E-state index is 4.40. The maximum absolute atomic E-state index is 4.40. The minimum atomic E-state index is 0.601. The molecule has 1 heterocycles. The highest BCUT2D eigenvalue weighted by Gasteiger charge is 2.08. The van der Waals surface area contributed by atoms with Gasteiger partial charge in [-0.25, -0.2) is 0 Å². The van der Waals surface area contributed by atoms with Crippen LogP contribution < -0.4 is 5.32 Å². The van der Waals surface area contributed by atoms with E-state index in [4.69, 9.17) is 0 Å². The predicted molar refractivity (Wildman–Crippen MR) is 69.6 cm³/mol. The smallest absolute Gasteiger partial charge is 0.0564 e. The molecule has 0 aliphatic rings. The van der Waals surface area contributed by atoms with Crippen molar-refractivity contribution in [2.45, 2.75) is 39.8 Å². The second-order valence-corrected chi connectivity index (χ2v) is 4.24. The molecule has 0 radical (unpaired) electrons. The number of hydrogen-bond acceptors (Lipinski definition) is 3. The monoisotopic (exact) mass is 221 g/mol. The molecule has 16 heavy (non-hydrogen) atoms. The van der Waals surface area contributed by atoms with E-state index in [1.165, 1.54) is 6.42 Å². The molecule has 0 saturated heterocycles. The van der Waals surface area contributed by atoms with Crippen LogP contribution in [-0.2, 0) is 6.54 Å². The first-order valence-corrected chi connectivity index (χ1v) is 6.06. The second-order valence-electron chi connectivity index (χ2n) is 4.24. The van der Waals surface area contributed by atoms with E-state index in [1.54, 1.807) is 0 Å². The van der Waals surface area contributed by atoms with Gasteiger partial charge in [-0.1, -0.05) is 6.92 Å². The van der Waals surface area contributed by atoms with Crippen LogP contribution in [0.3, 0.4) is 0 Å². The van der Waals surface area contributed by atoms with Gasteiger partial charge in [-0.05, 0) is 39.4 Å². The molecule has 1 atom stereocenters. The maximum Gasteiger partial charge on any atom is 0.0564 e. The summed E-state index contributed by atoms with van der Waals surface area (Å²) in [6.07, 6.45) is 3.04. The Morgan fingerprint density at radius 2 is 2.19 bits per heavy atom. The molecule has 0 amide bonds. The largest absolute Gasteiger partial charge is 0.385 e. The van der Waals surface area contributed by atoms with Gasteiger partial charge in [0.15, 0.2) is 0 Å². The number of rotatable bonds is 6. The molecule has 1 aromatic heterocycles. The summed E-state index contributed by atoms with van der Waals surface area (Å²) in [5.41, 5.74) is 2.28. The van der Waals surface area contributed by atoms with Gasteiger partial charge in [0.2, 0.25) is 0 Å². The van der Waals surface area contributed by atoms with E-state index in [0.717, 1.165) is 24.5 Å². The van der Waals surface area contributed by atoms with Crippen molar-refractivity contribution in [3.8, 4) is 0 Å². The van der Waals surface area contributed by atoms with Gasteiger partial charge in [-0.3, -0.25) is 9.88 Å². The van der Waals surface area contributed by atoms with Gasteiger partial charge >= 0.3 is 0 Å². The summed E-state index contributed by atoms with van der Waals surface area (Å²) in [7, 11) is 2.15. The van der Waals surface area contributed by atoms with Gasteiger partial charge < -0.3 is 5.32 Å². The third-order valence-corrected chi connectivity index (χ3v) is 2.95. The molecule has 0 aliphatic heterocycles. The van der Waals surface area contributed by atoms with Crippen molar-refractivity contribution in [1.82, 2.24) is 9.88 Å². The Kier molecular flexibility index (Phi) is 5.26. The van der Waals surface area contributed by atoms with Crippen molar-refractivity contribution in [2.75, 3.05) is 18.9 Å². The zero-order chi connectivity index (χ0) is 12.0. The van der Waals surface area contributed by atoms with Crippen LogP contribution in [0.2, 0.25) is 0 Å². The van der Waals surface area contributed by atoms with Gasteiger partial charge in [-0.15, -0.1) is 0 Å². The molecule has 1 rings (SSSR count). The molecule has 90 valence electrons. The van der Waals surface area contributed by atoms with E-state index in [1.807, 2.05) is 12.3 Å². The van der Waals surface area contributed by atoms with Gasteiger partial charge in [0.1, 0.15) is 0 Å². The minimum absolute atomic E-state index is 0.601. The molecule has 1 unspecified atom stereocenters. The molecular formula is C13H23N3. The van der Waals surface area contributed by atoms with Crippen LogP contribution >= 0.6 is 0 Å². The first kappa shape index (κ1) is 13.0. The number of nitrogens with zero attached hydrogens (tertiary/aromatic N) is 2. The van der Waals surface area contributed by atoms with Gasteiger partial charge in [-0.2, -0.15) is 0 Å². The quantitative estimate of drug-likeness (QED) is 0.800. The van der Waals surface area contributed by atoms with Crippen LogP contribution in [0.25, 0.3) is 0 Å². The molecule has 0 aromatic carbocycles. The van der Waals surface area contributed by atoms with E-state index < -0.39 is 0 Å². The Balaban J connectivity index is 2.62. The number of pyridine rings is 1. The highest BCUT2D eigenvalue weighted by atomic mass is 15.1. The van der Waals surface area contributed by atoms with Crippen LogP contribution in [0, 0.1) is 0 Å². The minimum Gasteiger partial charge on any atom is -0.385 e. The summed E-state index contributed by atoms with van der Waals surface area (Å²) in [6, 6.07) is 4.74. The van der Waals surface area contributed by atoms with E-state index in [-0.39, 0.29) is 0 Å². The van der Waals surface area contributed by atoms with Crippen LogP contribution in [0.15, 0.2) is 18.3 Å². The van der Waals surface area contributed by atoms with Gasteiger partial charge in [0.25, 0.3) is 0 Å². The average Bonchev–Trinajstić information content (AvgIpc) is 2.29. The molecule has 1 N–H and O–H groups in total. The van der Waals surface area contributed by atoms with Crippen molar-refractivity contribution in [1.29, 1.82) is 0 Å². The summed E-state index contributed by atoms with van der Waals surface area (Å²) in [5, 5.41) is 3.31. The van der Waals surface area contributed by atoms with E-state index in [9.17, 15) is 0 Å². The highest BCUT2D eigenvalue weighted by molar-refractivity contribution is 5.42. The topological polar surface area (TPSA) is 28.2 Å². The van der Waals surface area contributed by atoms with Crippen LogP contribution in [-0.4, -0.2) is 29.5 Å². The molecule has 0 saturated carbocycles. The molecule has 0 aliphatic carbocycles. The summed E-state index contributed by atoms with van der Waals surface area (Å²) in [5.74, 6) is 0. The van der Waals surface area contributed by atoms with Crippen molar-refractivity contribution >= 4 is 5.69 Å². The molecule has 0 fully saturated rings. The normalized spacial score (nSPS) is 12.8. The Morgan fingerprint density at radius 3 is 2.81 bits per heavy atom. The number of nitrogens with one attached hydrogen (secondary N) is 1. The standard InChI is InChI=1S/C13H23N3/c1-5-11(3)16(4)10-13-9-12(14-6-2)7-8-15-13/h7-9,11H,5-6,10H2,1-4H3,(H,14,15). The highest BCUT2D eigenvalue weighted by Crippen LogP contribution is 2.11. The molecule has 3 nitrogen and oxygen atoms in total. The van der Waals surface area contributed by atoms with Gasteiger partial charge in [0.05, 0.1) is 5.69 Å². The second kappa shape index (κ2) is 6.48. The third-order valence-electron chi connectivity index (χ3n) is 2.95. The lowest BCUT2D eigenvalue weighted by Gasteiger charge is -2.23. The summed E-state index contributed by atoms with van der Waals surface area (Å²) < 4.78 is 0. The average molecular weight is 221 g/mol. The van der Waals surface area contributed by atoms with Crippen molar-refractivity contribution in [3.63, 3.8) is 0 Å². The lowest BCUT2D eigenvalue weighted by Crippen LogP contribution is -2.28. The molecule has 3 heteroatoms. The summed E-state index contributed by atoms with van der Waals surface area (Å²) >= 11 is 0. The molecular weight excluding hydrogens is 198 g/mol. The first-order chi connectivity index (χ1) is 7.67. The summed E-state index contributed by atoms with van der Waals surface area (Å²) in [4.78, 5) is 6.73. The zero-order valence-corrected chi connectivity index (χ0v) is 10.8. The summed E-state index contributed by atoms with van der Waals surface area (Å²) in [6.45, 7) is 8.42. The SMILES string of the molecule is CCNc1ccnc(CN(C)C(C)CC)c1. The zero-order valence-electron chi connectivity index (χ0n) is 10.8. The fourth-order valence-electron chi connectivity index (χ4n) is 1.60. The Bertz CT molecular complexity index is 312. The third kappa shape index (κ3) is 3.81. The van der Waals surface area contributed by atoms with Crippen LogP contribution in [0.1, 0.15) is 32.9 Å². The van der Waals surface area contributed by atoms with Crippen molar-refractivity contribution in [2.24, 2.45) is 0 Å². The fraction of sp³-hybridized carbons (Fsp3) is 0.615. The molecule has 0 bridgehead atoms. The lowest BCUT2D eigenvalue weighted by atomic mass is 10.2. The predicted octanol–water partition coefficient (Wildman–Crippen LogP) is 2.74. The van der Waals surface area contributed by atoms with Crippen LogP contribution in [0.4, 0.5) is 5.69 Å². The molecule has 1 aromatic rings. The first-order valence-electron chi connectivity index (χ1n) is 6.06. The van der Waals surface area contributed by atoms with E-state index >= 15 is 0 Å². The lowest BCUT2D eigenvalue weighted by molar-refractivity contribution is 0.241. The Morgan fingerprint density at radius 1 is 1.44 bits per heavy atom. The van der Waals surface area contributed by atoms with Crippen molar-refractivity contribution < 1.29 is 0 Å². The molecule has 0 spiro atoms. The van der Waals surface area contributed by atoms with Crippen LogP contribution in [0.5, 0.6) is 0 Å². The number of hydrogen-bond donors (Lipinski definition) is 1. The van der Waals surface area contributed by atoms with E-state index in [2.05, 4.69) is 49.1 Å². The van der Waals surface area contributed by atoms with Crippen molar-refractivity contribution in [3.05, 3.63) is 24.0 Å². The fourth-order valence-corrected chi connectivity index (χ4v) is 1.60. The Labute approximate surface area is 98.9 Å². The Hall–Kier alpha value is -1.09. The van der Waals surface area contributed by atoms with E-state index in [0.29, 0.717) is 6.04 Å².